The summed E-state index contributed by atoms with van der Waals surface area (Å²) in [5.74, 6) is 0.899. The van der Waals surface area contributed by atoms with Crippen LogP contribution in [0.1, 0.15) is 24.1 Å². The third kappa shape index (κ3) is 4.95. The zero-order valence-corrected chi connectivity index (χ0v) is 17.6. The molecule has 0 radical (unpaired) electrons. The number of hydrogen-bond donors (Lipinski definition) is 1. The second kappa shape index (κ2) is 9.18. The van der Waals surface area contributed by atoms with E-state index < -0.39 is 11.7 Å². The topological polar surface area (TPSA) is 44.4 Å². The Balaban J connectivity index is 1.26. The van der Waals surface area contributed by atoms with Crippen molar-refractivity contribution in [2.75, 3.05) is 44.7 Å². The molecule has 1 N–H and O–H groups in total. The molecular formula is C23H27F3N4O. The lowest BCUT2D eigenvalue weighted by Crippen LogP contribution is -2.46. The Labute approximate surface area is 179 Å². The van der Waals surface area contributed by atoms with E-state index in [4.69, 9.17) is 4.74 Å². The van der Waals surface area contributed by atoms with E-state index in [1.54, 1.807) is 7.11 Å². The maximum absolute atomic E-state index is 13.0. The van der Waals surface area contributed by atoms with Crippen LogP contribution >= 0.6 is 0 Å². The van der Waals surface area contributed by atoms with Gasteiger partial charge in [-0.25, -0.2) is 0 Å². The van der Waals surface area contributed by atoms with Crippen molar-refractivity contribution in [1.29, 1.82) is 0 Å². The van der Waals surface area contributed by atoms with Crippen LogP contribution in [0, 0.1) is 0 Å². The highest BCUT2D eigenvalue weighted by Gasteiger charge is 2.30. The van der Waals surface area contributed by atoms with Crippen LogP contribution in [0.25, 0.3) is 10.9 Å². The predicted molar refractivity (Wildman–Crippen MR) is 116 cm³/mol. The molecule has 31 heavy (non-hydrogen) atoms. The molecule has 4 rings (SSSR count). The van der Waals surface area contributed by atoms with Crippen LogP contribution in [0.3, 0.4) is 0 Å². The predicted octanol–water partition coefficient (Wildman–Crippen LogP) is 4.74. The van der Waals surface area contributed by atoms with E-state index in [2.05, 4.69) is 26.1 Å². The highest BCUT2D eigenvalue weighted by molar-refractivity contribution is 5.82. The number of aryl methyl sites for hydroxylation is 1. The molecule has 0 unspecified atom stereocenters. The number of piperazine rings is 1. The first kappa shape index (κ1) is 21.5. The van der Waals surface area contributed by atoms with Crippen molar-refractivity contribution in [3.8, 4) is 5.75 Å². The van der Waals surface area contributed by atoms with Gasteiger partial charge in [0.1, 0.15) is 5.75 Å². The van der Waals surface area contributed by atoms with Crippen molar-refractivity contribution in [2.45, 2.75) is 25.4 Å². The van der Waals surface area contributed by atoms with Gasteiger partial charge in [-0.2, -0.15) is 18.3 Å². The van der Waals surface area contributed by atoms with Gasteiger partial charge in [-0.3, -0.25) is 10.00 Å². The molecule has 1 fully saturated rings. The summed E-state index contributed by atoms with van der Waals surface area (Å²) in [6.07, 6.45) is -1.79. The molecule has 8 heteroatoms. The van der Waals surface area contributed by atoms with Crippen molar-refractivity contribution in [3.63, 3.8) is 0 Å². The Morgan fingerprint density at radius 3 is 2.55 bits per heavy atom. The van der Waals surface area contributed by atoms with Crippen molar-refractivity contribution >= 4 is 16.6 Å². The highest BCUT2D eigenvalue weighted by atomic mass is 19.4. The normalized spacial score (nSPS) is 15.5. The van der Waals surface area contributed by atoms with Gasteiger partial charge in [-0.05, 0) is 56.1 Å². The number of alkyl halides is 3. The van der Waals surface area contributed by atoms with Gasteiger partial charge in [-0.1, -0.05) is 12.1 Å². The molecule has 1 aromatic heterocycles. The van der Waals surface area contributed by atoms with Crippen LogP contribution in [-0.2, 0) is 12.6 Å². The van der Waals surface area contributed by atoms with Crippen molar-refractivity contribution in [2.24, 2.45) is 0 Å². The molecule has 3 aromatic rings. The number of nitrogens with zero attached hydrogens (tertiary/aromatic N) is 3. The van der Waals surface area contributed by atoms with Gasteiger partial charge >= 0.3 is 6.18 Å². The molecule has 166 valence electrons. The third-order valence-electron chi connectivity index (χ3n) is 5.91. The summed E-state index contributed by atoms with van der Waals surface area (Å²) in [4.78, 5) is 4.79. The Bertz CT molecular complexity index is 1010. The van der Waals surface area contributed by atoms with E-state index >= 15 is 0 Å². The Kier molecular flexibility index (Phi) is 6.36. The smallest absolute Gasteiger partial charge is 0.416 e. The van der Waals surface area contributed by atoms with Crippen molar-refractivity contribution in [1.82, 2.24) is 15.1 Å². The lowest BCUT2D eigenvalue weighted by molar-refractivity contribution is -0.137. The average Bonchev–Trinajstić information content (AvgIpc) is 3.19. The number of benzene rings is 2. The number of unbranched alkanes of at least 4 members (excludes halogenated alkanes) is 1. The van der Waals surface area contributed by atoms with E-state index in [0.29, 0.717) is 23.0 Å². The standard InChI is InChI=1S/C23H27F3N4O/c1-31-22-8-3-2-7-21(22)30-14-12-29(13-15-30)11-5-4-6-19-18-16-17(23(24,25)26)9-10-20(18)28-27-19/h2-3,7-10,16H,4-6,11-15H2,1H3,(H,27,28). The summed E-state index contributed by atoms with van der Waals surface area (Å²) in [7, 11) is 1.70. The van der Waals surface area contributed by atoms with Crippen LogP contribution < -0.4 is 9.64 Å². The fourth-order valence-corrected chi connectivity index (χ4v) is 4.17. The first-order valence-corrected chi connectivity index (χ1v) is 10.6. The lowest BCUT2D eigenvalue weighted by atomic mass is 10.1. The first-order chi connectivity index (χ1) is 15.0. The largest absolute Gasteiger partial charge is 0.495 e. The number of aromatic amines is 1. The summed E-state index contributed by atoms with van der Waals surface area (Å²) in [5, 5.41) is 7.65. The fraction of sp³-hybridized carbons (Fsp3) is 0.435. The van der Waals surface area contributed by atoms with Gasteiger partial charge < -0.3 is 9.64 Å². The lowest BCUT2D eigenvalue weighted by Gasteiger charge is -2.36. The first-order valence-electron chi connectivity index (χ1n) is 10.6. The van der Waals surface area contributed by atoms with Gasteiger partial charge in [0.05, 0.1) is 29.6 Å². The summed E-state index contributed by atoms with van der Waals surface area (Å²) < 4.78 is 44.5. The van der Waals surface area contributed by atoms with Crippen LogP contribution in [0.15, 0.2) is 42.5 Å². The van der Waals surface area contributed by atoms with Crippen LogP contribution in [-0.4, -0.2) is 54.9 Å². The summed E-state index contributed by atoms with van der Waals surface area (Å²) in [6.45, 7) is 4.85. The third-order valence-corrected chi connectivity index (χ3v) is 5.91. The Morgan fingerprint density at radius 2 is 1.81 bits per heavy atom. The number of ether oxygens (including phenoxy) is 1. The van der Waals surface area contributed by atoms with E-state index in [1.807, 2.05) is 18.2 Å². The number of rotatable bonds is 7. The van der Waals surface area contributed by atoms with E-state index in [9.17, 15) is 13.2 Å². The number of halogens is 3. The van der Waals surface area contributed by atoms with Crippen LogP contribution in [0.2, 0.25) is 0 Å². The van der Waals surface area contributed by atoms with Crippen LogP contribution in [0.4, 0.5) is 18.9 Å². The molecule has 0 aliphatic carbocycles. The molecule has 0 amide bonds. The average molecular weight is 432 g/mol. The zero-order chi connectivity index (χ0) is 21.8. The summed E-state index contributed by atoms with van der Waals surface area (Å²) >= 11 is 0. The molecule has 2 heterocycles. The number of para-hydroxylation sites is 2. The molecule has 1 aliphatic heterocycles. The van der Waals surface area contributed by atoms with Crippen LogP contribution in [0.5, 0.6) is 5.75 Å². The van der Waals surface area contributed by atoms with E-state index in [-0.39, 0.29) is 0 Å². The highest BCUT2D eigenvalue weighted by Crippen LogP contribution is 2.32. The summed E-state index contributed by atoms with van der Waals surface area (Å²) in [5.41, 5.74) is 1.86. The molecule has 0 spiro atoms. The molecule has 0 saturated carbocycles. The minimum atomic E-state index is -4.34. The maximum atomic E-state index is 13.0. The molecule has 0 bridgehead atoms. The number of H-pyrrole nitrogens is 1. The number of aromatic nitrogens is 2. The van der Waals surface area contributed by atoms with Crippen molar-refractivity contribution in [3.05, 3.63) is 53.7 Å². The van der Waals surface area contributed by atoms with Crippen molar-refractivity contribution < 1.29 is 17.9 Å². The number of anilines is 1. The molecular weight excluding hydrogens is 405 g/mol. The molecule has 1 aliphatic rings. The quantitative estimate of drug-likeness (QED) is 0.548. The maximum Gasteiger partial charge on any atom is 0.416 e. The number of nitrogens with one attached hydrogen (secondary N) is 1. The molecule has 1 saturated heterocycles. The van der Waals surface area contributed by atoms with Gasteiger partial charge in [-0.15, -0.1) is 0 Å². The minimum absolute atomic E-state index is 0.570. The monoisotopic (exact) mass is 432 g/mol. The SMILES string of the molecule is COc1ccccc1N1CCN(CCCCc2n[nH]c3ccc(C(F)(F)F)cc23)CC1. The zero-order valence-electron chi connectivity index (χ0n) is 17.6. The van der Waals surface area contributed by atoms with Gasteiger partial charge in [0.25, 0.3) is 0 Å². The van der Waals surface area contributed by atoms with E-state index in [0.717, 1.165) is 63.1 Å². The molecule has 2 aromatic carbocycles. The number of methoxy groups -OCH3 is 1. The van der Waals surface area contributed by atoms with Gasteiger partial charge in [0, 0.05) is 31.6 Å². The summed E-state index contributed by atoms with van der Waals surface area (Å²) in [6, 6.07) is 11.8. The second-order valence-corrected chi connectivity index (χ2v) is 7.89. The number of hydrogen-bond acceptors (Lipinski definition) is 4. The second-order valence-electron chi connectivity index (χ2n) is 7.89. The van der Waals surface area contributed by atoms with Gasteiger partial charge in [0.15, 0.2) is 0 Å². The minimum Gasteiger partial charge on any atom is -0.495 e. The van der Waals surface area contributed by atoms with Gasteiger partial charge in [0.2, 0.25) is 0 Å². The molecule has 0 atom stereocenters. The Hall–Kier alpha value is -2.74. The number of fused-ring (bicyclic) bond motifs is 1. The fourth-order valence-electron chi connectivity index (χ4n) is 4.17. The Morgan fingerprint density at radius 1 is 1.03 bits per heavy atom. The molecule has 5 nitrogen and oxygen atoms in total. The van der Waals surface area contributed by atoms with E-state index in [1.165, 1.54) is 12.1 Å².